The van der Waals surface area contributed by atoms with Gasteiger partial charge in [0, 0.05) is 41.5 Å². The molecule has 0 spiro atoms. The van der Waals surface area contributed by atoms with Crippen molar-refractivity contribution in [2.24, 2.45) is 7.05 Å². The molecule has 0 aliphatic heterocycles. The third-order valence-electron chi connectivity index (χ3n) is 4.41. The molecular formula is C17H21N5S. The molecule has 6 heteroatoms. The Morgan fingerprint density at radius 1 is 1.22 bits per heavy atom. The van der Waals surface area contributed by atoms with Crippen LogP contribution >= 0.6 is 11.3 Å². The lowest BCUT2D eigenvalue weighted by atomic mass is 10.2. The van der Waals surface area contributed by atoms with E-state index in [-0.39, 0.29) is 0 Å². The molecule has 0 amide bonds. The molecule has 0 unspecified atom stereocenters. The van der Waals surface area contributed by atoms with Crippen LogP contribution in [0.1, 0.15) is 36.0 Å². The van der Waals surface area contributed by atoms with Crippen molar-refractivity contribution in [1.82, 2.24) is 19.3 Å². The third-order valence-corrected chi connectivity index (χ3v) is 5.17. The summed E-state index contributed by atoms with van der Waals surface area (Å²) < 4.78 is 4.31. The van der Waals surface area contributed by atoms with Crippen LogP contribution in [-0.2, 0) is 7.05 Å². The Morgan fingerprint density at radius 3 is 2.65 bits per heavy atom. The first-order valence-electron chi connectivity index (χ1n) is 7.95. The van der Waals surface area contributed by atoms with Crippen LogP contribution in [0.15, 0.2) is 17.5 Å². The first-order valence-corrected chi connectivity index (χ1v) is 8.83. The minimum Gasteiger partial charge on any atom is -0.345 e. The zero-order valence-electron chi connectivity index (χ0n) is 13.9. The number of rotatable bonds is 4. The number of hydrogen-bond acceptors (Lipinski definition) is 4. The van der Waals surface area contributed by atoms with E-state index in [1.807, 2.05) is 24.7 Å². The van der Waals surface area contributed by atoms with Crippen molar-refractivity contribution in [2.45, 2.75) is 39.7 Å². The highest BCUT2D eigenvalue weighted by Crippen LogP contribution is 2.40. The van der Waals surface area contributed by atoms with Gasteiger partial charge in [0.05, 0.1) is 11.4 Å². The largest absolute Gasteiger partial charge is 0.345 e. The van der Waals surface area contributed by atoms with E-state index in [0.717, 1.165) is 22.3 Å². The molecule has 4 rings (SSSR count). The summed E-state index contributed by atoms with van der Waals surface area (Å²) in [6.45, 7) is 6.39. The molecule has 1 fully saturated rings. The van der Waals surface area contributed by atoms with Crippen LogP contribution in [0.2, 0.25) is 0 Å². The quantitative estimate of drug-likeness (QED) is 0.775. The Kier molecular flexibility index (Phi) is 3.30. The second-order valence-corrected chi connectivity index (χ2v) is 7.20. The van der Waals surface area contributed by atoms with E-state index in [1.54, 1.807) is 11.3 Å². The van der Waals surface area contributed by atoms with Crippen molar-refractivity contribution in [3.05, 3.63) is 34.6 Å². The molecule has 0 bridgehead atoms. The molecule has 3 heterocycles. The number of hydrogen-bond donors (Lipinski definition) is 1. The Labute approximate surface area is 140 Å². The smallest absolute Gasteiger partial charge is 0.188 e. The molecule has 5 nitrogen and oxygen atoms in total. The SMILES string of the molecule is Cc1cc(Nc2nc(-c3cc(C)n(C4CC4)c3C)cs2)n(C)n1. The fourth-order valence-electron chi connectivity index (χ4n) is 3.22. The molecule has 1 aliphatic carbocycles. The second-order valence-electron chi connectivity index (χ2n) is 6.34. The maximum absolute atomic E-state index is 4.77. The number of nitrogens with one attached hydrogen (secondary N) is 1. The summed E-state index contributed by atoms with van der Waals surface area (Å²) in [5.41, 5.74) is 5.97. The molecule has 0 aromatic carbocycles. The van der Waals surface area contributed by atoms with Crippen LogP contribution in [0.3, 0.4) is 0 Å². The maximum Gasteiger partial charge on any atom is 0.188 e. The molecule has 3 aromatic heterocycles. The average Bonchev–Trinajstić information content (AvgIpc) is 3.01. The Morgan fingerprint density at radius 2 is 2.00 bits per heavy atom. The third kappa shape index (κ3) is 2.57. The van der Waals surface area contributed by atoms with Crippen molar-refractivity contribution in [1.29, 1.82) is 0 Å². The molecule has 23 heavy (non-hydrogen) atoms. The van der Waals surface area contributed by atoms with Crippen LogP contribution in [0.4, 0.5) is 10.9 Å². The highest BCUT2D eigenvalue weighted by atomic mass is 32.1. The summed E-state index contributed by atoms with van der Waals surface area (Å²) in [6, 6.07) is 5.00. The van der Waals surface area contributed by atoms with Crippen molar-refractivity contribution < 1.29 is 0 Å². The molecule has 0 atom stereocenters. The second kappa shape index (κ2) is 5.23. The summed E-state index contributed by atoms with van der Waals surface area (Å²) in [5, 5.41) is 10.7. The maximum atomic E-state index is 4.77. The van der Waals surface area contributed by atoms with Gasteiger partial charge in [-0.2, -0.15) is 5.10 Å². The predicted octanol–water partition coefficient (Wildman–Crippen LogP) is 4.35. The van der Waals surface area contributed by atoms with Gasteiger partial charge in [-0.05, 0) is 39.7 Å². The van der Waals surface area contributed by atoms with Gasteiger partial charge in [0.25, 0.3) is 0 Å². The molecule has 3 aromatic rings. The fourth-order valence-corrected chi connectivity index (χ4v) is 3.94. The van der Waals surface area contributed by atoms with Crippen LogP contribution < -0.4 is 5.32 Å². The number of aromatic nitrogens is 4. The molecular weight excluding hydrogens is 306 g/mol. The van der Waals surface area contributed by atoms with Crippen LogP contribution in [0.25, 0.3) is 11.3 Å². The van der Waals surface area contributed by atoms with Crippen LogP contribution in [-0.4, -0.2) is 19.3 Å². The highest BCUT2D eigenvalue weighted by Gasteiger charge is 2.27. The Balaban J connectivity index is 1.63. The lowest BCUT2D eigenvalue weighted by molar-refractivity contribution is 0.700. The monoisotopic (exact) mass is 327 g/mol. The highest BCUT2D eigenvalue weighted by molar-refractivity contribution is 7.14. The fraction of sp³-hybridized carbons (Fsp3) is 0.412. The lowest BCUT2D eigenvalue weighted by Gasteiger charge is -2.07. The number of thiazole rings is 1. The first kappa shape index (κ1) is 14.5. The minimum atomic E-state index is 0.706. The lowest BCUT2D eigenvalue weighted by Crippen LogP contribution is -1.99. The van der Waals surface area contributed by atoms with E-state index >= 15 is 0 Å². The average molecular weight is 327 g/mol. The van der Waals surface area contributed by atoms with E-state index in [1.165, 1.54) is 29.8 Å². The molecule has 120 valence electrons. The van der Waals surface area contributed by atoms with E-state index < -0.39 is 0 Å². The van der Waals surface area contributed by atoms with Gasteiger partial charge in [-0.15, -0.1) is 11.3 Å². The van der Waals surface area contributed by atoms with Crippen molar-refractivity contribution in [3.63, 3.8) is 0 Å². The van der Waals surface area contributed by atoms with E-state index in [2.05, 4.69) is 40.3 Å². The zero-order valence-corrected chi connectivity index (χ0v) is 14.7. The van der Waals surface area contributed by atoms with Crippen LogP contribution in [0, 0.1) is 20.8 Å². The number of anilines is 2. The Bertz CT molecular complexity index is 866. The van der Waals surface area contributed by atoms with Crippen LogP contribution in [0.5, 0.6) is 0 Å². The van der Waals surface area contributed by atoms with Crippen molar-refractivity contribution in [3.8, 4) is 11.3 Å². The first-order chi connectivity index (χ1) is 11.0. The zero-order chi connectivity index (χ0) is 16.1. The topological polar surface area (TPSA) is 47.7 Å². The van der Waals surface area contributed by atoms with Gasteiger partial charge in [0.1, 0.15) is 5.82 Å². The minimum absolute atomic E-state index is 0.706. The van der Waals surface area contributed by atoms with E-state index in [4.69, 9.17) is 4.98 Å². The molecule has 1 saturated carbocycles. The summed E-state index contributed by atoms with van der Waals surface area (Å²) in [6.07, 6.45) is 2.61. The molecule has 0 saturated heterocycles. The van der Waals surface area contributed by atoms with Gasteiger partial charge < -0.3 is 9.88 Å². The summed E-state index contributed by atoms with van der Waals surface area (Å²) in [4.78, 5) is 4.77. The van der Waals surface area contributed by atoms with Gasteiger partial charge in [-0.3, -0.25) is 4.68 Å². The summed E-state index contributed by atoms with van der Waals surface area (Å²) in [7, 11) is 1.94. The normalized spacial score (nSPS) is 14.4. The summed E-state index contributed by atoms with van der Waals surface area (Å²) in [5.74, 6) is 0.965. The standard InChI is InChI=1S/C17H21N5S/c1-10-7-16(21(4)20-10)19-17-18-15(9-23-17)14-8-11(2)22(12(14)3)13-5-6-13/h7-9,13H,5-6H2,1-4H3,(H,18,19). The van der Waals surface area contributed by atoms with Gasteiger partial charge in [-0.25, -0.2) is 4.98 Å². The number of aryl methyl sites for hydroxylation is 3. The van der Waals surface area contributed by atoms with Gasteiger partial charge in [-0.1, -0.05) is 0 Å². The van der Waals surface area contributed by atoms with Crippen molar-refractivity contribution in [2.75, 3.05) is 5.32 Å². The number of nitrogens with zero attached hydrogens (tertiary/aromatic N) is 4. The van der Waals surface area contributed by atoms with Gasteiger partial charge in [0.2, 0.25) is 0 Å². The van der Waals surface area contributed by atoms with Crippen molar-refractivity contribution >= 4 is 22.3 Å². The summed E-state index contributed by atoms with van der Waals surface area (Å²) >= 11 is 1.63. The van der Waals surface area contributed by atoms with Gasteiger partial charge >= 0.3 is 0 Å². The van der Waals surface area contributed by atoms with Gasteiger partial charge in [0.15, 0.2) is 5.13 Å². The molecule has 1 aliphatic rings. The van der Waals surface area contributed by atoms with E-state index in [0.29, 0.717) is 6.04 Å². The molecule has 1 N–H and O–H groups in total. The Hall–Kier alpha value is -2.08. The predicted molar refractivity (Wildman–Crippen MR) is 94.5 cm³/mol. The molecule has 0 radical (unpaired) electrons. The van der Waals surface area contributed by atoms with E-state index in [9.17, 15) is 0 Å².